The third kappa shape index (κ3) is 3.50. The van der Waals surface area contributed by atoms with Gasteiger partial charge in [0.1, 0.15) is 11.8 Å². The van der Waals surface area contributed by atoms with E-state index in [2.05, 4.69) is 0 Å². The Labute approximate surface area is 76.2 Å². The molecule has 0 N–H and O–H groups in total. The first kappa shape index (κ1) is 9.43. The van der Waals surface area contributed by atoms with Crippen molar-refractivity contribution < 1.29 is 9.18 Å². The van der Waals surface area contributed by atoms with Crippen LogP contribution < -0.4 is 0 Å². The molecule has 66 valence electrons. The van der Waals surface area contributed by atoms with E-state index < -0.39 is 0 Å². The van der Waals surface area contributed by atoms with Crippen LogP contribution in [0.15, 0.2) is 36.4 Å². The lowest BCUT2D eigenvalue weighted by molar-refractivity contribution is 0.568. The Kier molecular flexibility index (Phi) is 3.68. The monoisotopic (exact) mass is 176 g/mol. The Balaban J connectivity index is 2.58. The molecule has 0 heterocycles. The van der Waals surface area contributed by atoms with E-state index in [9.17, 15) is 9.18 Å². The van der Waals surface area contributed by atoms with Crippen molar-refractivity contribution in [2.45, 2.75) is 6.42 Å². The summed E-state index contributed by atoms with van der Waals surface area (Å²) in [4.78, 5) is 9.80. The van der Waals surface area contributed by atoms with Crippen molar-refractivity contribution in [3.63, 3.8) is 0 Å². The summed E-state index contributed by atoms with van der Waals surface area (Å²) in [5.41, 5.74) is 0.917. The fourth-order valence-electron chi connectivity index (χ4n) is 0.894. The molecule has 0 unspecified atom stereocenters. The van der Waals surface area contributed by atoms with Gasteiger partial charge in [0.05, 0.1) is 0 Å². The van der Waals surface area contributed by atoms with Crippen LogP contribution in [0.2, 0.25) is 0 Å². The predicted molar refractivity (Wildman–Crippen MR) is 50.3 cm³/mol. The first-order valence-corrected chi connectivity index (χ1v) is 3.94. The second-order valence-corrected chi connectivity index (χ2v) is 2.51. The van der Waals surface area contributed by atoms with Gasteiger partial charge in [-0.05, 0) is 24.1 Å². The summed E-state index contributed by atoms with van der Waals surface area (Å²) in [6.07, 6.45) is 5.59. The molecule has 0 saturated carbocycles. The summed E-state index contributed by atoms with van der Waals surface area (Å²) < 4.78 is 12.4. The maximum absolute atomic E-state index is 12.4. The average Bonchev–Trinajstić information content (AvgIpc) is 2.15. The fourth-order valence-corrected chi connectivity index (χ4v) is 0.894. The molecule has 1 rings (SSSR count). The first-order chi connectivity index (χ1) is 6.33. The van der Waals surface area contributed by atoms with Gasteiger partial charge in [0.25, 0.3) is 0 Å². The predicted octanol–water partition coefficient (Wildman–Crippen LogP) is 2.62. The van der Waals surface area contributed by atoms with E-state index in [1.807, 2.05) is 12.2 Å². The summed E-state index contributed by atoms with van der Waals surface area (Å²) >= 11 is 0. The number of allylic oxidation sites excluding steroid dienone is 2. The summed E-state index contributed by atoms with van der Waals surface area (Å²) in [5.74, 6) is 1.43. The number of rotatable bonds is 3. The summed E-state index contributed by atoms with van der Waals surface area (Å²) in [6.45, 7) is 0. The van der Waals surface area contributed by atoms with Crippen molar-refractivity contribution in [1.82, 2.24) is 0 Å². The lowest BCUT2D eigenvalue weighted by Crippen LogP contribution is -1.73. The van der Waals surface area contributed by atoms with E-state index in [4.69, 9.17) is 0 Å². The highest BCUT2D eigenvalue weighted by Crippen LogP contribution is 2.04. The van der Waals surface area contributed by atoms with Crippen LogP contribution in [-0.2, 0) is 4.79 Å². The zero-order chi connectivity index (χ0) is 9.52. The Hall–Kier alpha value is -1.66. The van der Waals surface area contributed by atoms with E-state index in [1.165, 1.54) is 18.2 Å². The molecule has 0 amide bonds. The molecule has 1 nitrogen and oxygen atoms in total. The van der Waals surface area contributed by atoms with Crippen molar-refractivity contribution in [2.24, 2.45) is 0 Å². The summed E-state index contributed by atoms with van der Waals surface area (Å²) in [7, 11) is 0. The number of halogens is 1. The van der Waals surface area contributed by atoms with Gasteiger partial charge < -0.3 is 0 Å². The molecule has 0 fully saturated rings. The molecule has 0 saturated heterocycles. The average molecular weight is 176 g/mol. The van der Waals surface area contributed by atoms with Gasteiger partial charge in [-0.1, -0.05) is 24.3 Å². The lowest BCUT2D eigenvalue weighted by atomic mass is 10.2. The summed E-state index contributed by atoms with van der Waals surface area (Å²) in [6, 6.07) is 6.15. The maximum atomic E-state index is 12.4. The van der Waals surface area contributed by atoms with Gasteiger partial charge in [-0.3, -0.25) is 0 Å². The third-order valence-corrected chi connectivity index (χ3v) is 1.52. The molecule has 1 aromatic carbocycles. The van der Waals surface area contributed by atoms with Crippen molar-refractivity contribution in [3.05, 3.63) is 47.8 Å². The normalized spacial score (nSPS) is 9.92. The molecule has 0 spiro atoms. The molecule has 0 radical (unpaired) electrons. The van der Waals surface area contributed by atoms with Crippen LogP contribution in [0, 0.1) is 5.82 Å². The molecular formula is C11H9FO. The van der Waals surface area contributed by atoms with Crippen LogP contribution in [0.3, 0.4) is 0 Å². The molecule has 0 aliphatic carbocycles. The maximum Gasteiger partial charge on any atom is 0.123 e. The van der Waals surface area contributed by atoms with E-state index in [0.717, 1.165) is 5.56 Å². The molecule has 1 aromatic rings. The van der Waals surface area contributed by atoms with Crippen LogP contribution in [0.4, 0.5) is 4.39 Å². The molecule has 0 aliphatic heterocycles. The van der Waals surface area contributed by atoms with Gasteiger partial charge in [-0.2, -0.15) is 0 Å². The van der Waals surface area contributed by atoms with Crippen LogP contribution >= 0.6 is 0 Å². The van der Waals surface area contributed by atoms with Crippen LogP contribution in [-0.4, -0.2) is 5.94 Å². The van der Waals surface area contributed by atoms with Crippen molar-refractivity contribution in [1.29, 1.82) is 0 Å². The summed E-state index contributed by atoms with van der Waals surface area (Å²) in [5, 5.41) is 0. The largest absolute Gasteiger partial charge is 0.234 e. The van der Waals surface area contributed by atoms with E-state index >= 15 is 0 Å². The number of carbonyl (C=O) groups excluding carboxylic acids is 1. The second-order valence-electron chi connectivity index (χ2n) is 2.51. The highest BCUT2D eigenvalue weighted by atomic mass is 19.1. The van der Waals surface area contributed by atoms with Crippen LogP contribution in [0.1, 0.15) is 12.0 Å². The molecule has 0 aliphatic rings. The lowest BCUT2D eigenvalue weighted by Gasteiger charge is -1.91. The highest BCUT2D eigenvalue weighted by Gasteiger charge is 1.87. The van der Waals surface area contributed by atoms with E-state index in [0.29, 0.717) is 6.42 Å². The van der Waals surface area contributed by atoms with Gasteiger partial charge in [-0.15, -0.1) is 0 Å². The molecule has 0 atom stereocenters. The minimum absolute atomic E-state index is 0.245. The van der Waals surface area contributed by atoms with Crippen LogP contribution in [0.5, 0.6) is 0 Å². The zero-order valence-corrected chi connectivity index (χ0v) is 7.03. The second kappa shape index (κ2) is 5.07. The molecule has 0 aromatic heterocycles. The minimum Gasteiger partial charge on any atom is -0.234 e. The van der Waals surface area contributed by atoms with Gasteiger partial charge in [0, 0.05) is 6.08 Å². The SMILES string of the molecule is O=C=CCC=Cc1ccc(F)cc1. The zero-order valence-electron chi connectivity index (χ0n) is 7.03. The van der Waals surface area contributed by atoms with Gasteiger partial charge in [0.15, 0.2) is 0 Å². The van der Waals surface area contributed by atoms with Crippen molar-refractivity contribution in [3.8, 4) is 0 Å². The topological polar surface area (TPSA) is 17.1 Å². The Morgan fingerprint density at radius 2 is 2.00 bits per heavy atom. The third-order valence-electron chi connectivity index (χ3n) is 1.52. The van der Waals surface area contributed by atoms with Crippen molar-refractivity contribution in [2.75, 3.05) is 0 Å². The van der Waals surface area contributed by atoms with Gasteiger partial charge in [0.2, 0.25) is 0 Å². The standard InChI is InChI=1S/C11H9FO/c12-11-7-5-10(6-8-11)4-2-1-3-9-13/h2-8H,1H2. The molecule has 0 bridgehead atoms. The van der Waals surface area contributed by atoms with Crippen LogP contribution in [0.25, 0.3) is 6.08 Å². The van der Waals surface area contributed by atoms with Crippen molar-refractivity contribution >= 4 is 12.0 Å². The van der Waals surface area contributed by atoms with E-state index in [1.54, 1.807) is 18.1 Å². The minimum atomic E-state index is -0.245. The fraction of sp³-hybridized carbons (Fsp3) is 0.0909. The molecular weight excluding hydrogens is 167 g/mol. The van der Waals surface area contributed by atoms with E-state index in [-0.39, 0.29) is 5.82 Å². The smallest absolute Gasteiger partial charge is 0.123 e. The Bertz CT molecular complexity index is 332. The quantitative estimate of drug-likeness (QED) is 0.647. The van der Waals surface area contributed by atoms with Gasteiger partial charge >= 0.3 is 0 Å². The first-order valence-electron chi connectivity index (χ1n) is 3.94. The Morgan fingerprint density at radius 1 is 1.31 bits per heavy atom. The number of hydrogen-bond donors (Lipinski definition) is 0. The van der Waals surface area contributed by atoms with Gasteiger partial charge in [-0.25, -0.2) is 9.18 Å². The molecule has 2 heteroatoms. The Morgan fingerprint density at radius 3 is 2.62 bits per heavy atom. The number of hydrogen-bond acceptors (Lipinski definition) is 1. The molecule has 13 heavy (non-hydrogen) atoms. The highest BCUT2D eigenvalue weighted by molar-refractivity contribution is 5.51. The number of benzene rings is 1.